The van der Waals surface area contributed by atoms with Gasteiger partial charge in [-0.2, -0.15) is 0 Å². The van der Waals surface area contributed by atoms with Gasteiger partial charge in [0, 0.05) is 28.4 Å². The molecule has 0 saturated carbocycles. The number of fused-ring (bicyclic) bond motifs is 1. The molecule has 0 unspecified atom stereocenters. The Hall–Kier alpha value is -2.60. The number of hydrogen-bond donors (Lipinski definition) is 1. The Morgan fingerprint density at radius 1 is 1.21 bits per heavy atom. The van der Waals surface area contributed by atoms with Gasteiger partial charge >= 0.3 is 5.63 Å². The van der Waals surface area contributed by atoms with E-state index in [1.165, 1.54) is 13.0 Å². The van der Waals surface area contributed by atoms with Gasteiger partial charge in [0.1, 0.15) is 17.9 Å². The molecular weight excluding hydrogens is 374 g/mol. The number of hydrogen-bond acceptors (Lipinski definition) is 4. The summed E-state index contributed by atoms with van der Waals surface area (Å²) in [5.41, 5.74) is 1.35. The molecule has 6 heteroatoms. The van der Waals surface area contributed by atoms with Gasteiger partial charge in [0.2, 0.25) is 5.91 Å². The number of halogens is 1. The smallest absolute Gasteiger partial charge is 0.336 e. The minimum atomic E-state index is -0.436. The van der Waals surface area contributed by atoms with E-state index in [1.807, 2.05) is 24.3 Å². The fourth-order valence-electron chi connectivity index (χ4n) is 2.36. The zero-order valence-electron chi connectivity index (χ0n) is 12.8. The first kappa shape index (κ1) is 16.3. The van der Waals surface area contributed by atoms with Gasteiger partial charge in [0.25, 0.3) is 0 Å². The lowest BCUT2D eigenvalue weighted by molar-refractivity contribution is -0.114. The summed E-state index contributed by atoms with van der Waals surface area (Å²) in [6, 6.07) is 14.0. The Morgan fingerprint density at radius 2 is 2.00 bits per heavy atom. The summed E-state index contributed by atoms with van der Waals surface area (Å²) in [6.07, 6.45) is 0. The number of anilines is 1. The molecule has 0 fully saturated rings. The van der Waals surface area contributed by atoms with Crippen LogP contribution in [0.2, 0.25) is 0 Å². The van der Waals surface area contributed by atoms with Crippen LogP contribution in [0.25, 0.3) is 11.0 Å². The molecule has 0 spiro atoms. The van der Waals surface area contributed by atoms with Crippen LogP contribution in [0.4, 0.5) is 5.69 Å². The highest BCUT2D eigenvalue weighted by Gasteiger charge is 2.09. The van der Waals surface area contributed by atoms with Crippen molar-refractivity contribution in [3.05, 3.63) is 69.0 Å². The van der Waals surface area contributed by atoms with Gasteiger partial charge in [-0.15, -0.1) is 0 Å². The molecule has 0 aliphatic rings. The Labute approximate surface area is 146 Å². The second-order valence-corrected chi connectivity index (χ2v) is 6.11. The van der Waals surface area contributed by atoms with Crippen LogP contribution in [-0.2, 0) is 11.4 Å². The summed E-state index contributed by atoms with van der Waals surface area (Å²) in [5, 5.41) is 3.52. The number of para-hydroxylation sites is 2. The Kier molecular flexibility index (Phi) is 4.66. The number of nitrogens with one attached hydrogen (secondary N) is 1. The molecule has 0 aliphatic carbocycles. The molecule has 0 bridgehead atoms. The van der Waals surface area contributed by atoms with Crippen LogP contribution in [0.1, 0.15) is 12.5 Å². The van der Waals surface area contributed by atoms with Gasteiger partial charge < -0.3 is 14.5 Å². The number of rotatable bonds is 4. The van der Waals surface area contributed by atoms with Crippen LogP contribution in [0, 0.1) is 0 Å². The highest BCUT2D eigenvalue weighted by molar-refractivity contribution is 9.10. The normalized spacial score (nSPS) is 10.6. The number of carbonyl (C=O) groups is 1. The minimum Gasteiger partial charge on any atom is -0.487 e. The molecule has 3 rings (SSSR count). The maximum Gasteiger partial charge on any atom is 0.336 e. The maximum atomic E-state index is 11.7. The monoisotopic (exact) mass is 387 g/mol. The summed E-state index contributed by atoms with van der Waals surface area (Å²) in [6.45, 7) is 1.62. The predicted octanol–water partition coefficient (Wildman–Crippen LogP) is 4.09. The molecule has 2 aromatic carbocycles. The van der Waals surface area contributed by atoms with E-state index in [4.69, 9.17) is 9.15 Å². The molecule has 5 nitrogen and oxygen atoms in total. The Morgan fingerprint density at radius 3 is 2.79 bits per heavy atom. The summed E-state index contributed by atoms with van der Waals surface area (Å²) in [5.74, 6) is 0.355. The van der Waals surface area contributed by atoms with Crippen molar-refractivity contribution < 1.29 is 13.9 Å². The van der Waals surface area contributed by atoms with Gasteiger partial charge in [-0.25, -0.2) is 4.79 Å². The second kappa shape index (κ2) is 6.88. The van der Waals surface area contributed by atoms with Crippen LogP contribution < -0.4 is 15.7 Å². The van der Waals surface area contributed by atoms with Gasteiger partial charge in [0.05, 0.1) is 5.69 Å². The van der Waals surface area contributed by atoms with Crippen molar-refractivity contribution in [2.45, 2.75) is 13.5 Å². The fraction of sp³-hybridized carbons (Fsp3) is 0.111. The van der Waals surface area contributed by atoms with Crippen molar-refractivity contribution in [1.82, 2.24) is 0 Å². The van der Waals surface area contributed by atoms with Crippen LogP contribution >= 0.6 is 15.9 Å². The number of benzene rings is 2. The fourth-order valence-corrected chi connectivity index (χ4v) is 2.70. The highest BCUT2D eigenvalue weighted by Crippen LogP contribution is 2.26. The van der Waals surface area contributed by atoms with Crippen LogP contribution in [0.5, 0.6) is 5.75 Å². The van der Waals surface area contributed by atoms with E-state index < -0.39 is 5.63 Å². The average Bonchev–Trinajstić information content (AvgIpc) is 2.52. The zero-order chi connectivity index (χ0) is 17.1. The first-order valence-corrected chi connectivity index (χ1v) is 8.04. The lowest BCUT2D eigenvalue weighted by atomic mass is 10.1. The molecule has 1 heterocycles. The summed E-state index contributed by atoms with van der Waals surface area (Å²) < 4.78 is 11.8. The van der Waals surface area contributed by atoms with Crippen LogP contribution in [0.15, 0.2) is 62.2 Å². The quantitative estimate of drug-likeness (QED) is 0.684. The number of carbonyl (C=O) groups excluding carboxylic acids is 1. The van der Waals surface area contributed by atoms with E-state index in [1.54, 1.807) is 18.2 Å². The Bertz CT molecular complexity index is 965. The molecule has 1 N–H and O–H groups in total. The zero-order valence-corrected chi connectivity index (χ0v) is 14.4. The summed E-state index contributed by atoms with van der Waals surface area (Å²) >= 11 is 3.36. The van der Waals surface area contributed by atoms with Gasteiger partial charge in [-0.1, -0.05) is 28.1 Å². The van der Waals surface area contributed by atoms with E-state index in [0.29, 0.717) is 22.6 Å². The highest BCUT2D eigenvalue weighted by atomic mass is 79.9. The van der Waals surface area contributed by atoms with Crippen molar-refractivity contribution in [2.75, 3.05) is 5.32 Å². The summed E-state index contributed by atoms with van der Waals surface area (Å²) in [4.78, 5) is 23.0. The lowest BCUT2D eigenvalue weighted by Crippen LogP contribution is -2.08. The molecule has 0 atom stereocenters. The average molecular weight is 388 g/mol. The SMILES string of the molecule is CC(=O)Nc1ccccc1OCc1cc(=O)oc2cc(Br)ccc12. The predicted molar refractivity (Wildman–Crippen MR) is 95.3 cm³/mol. The van der Waals surface area contributed by atoms with Crippen molar-refractivity contribution >= 4 is 38.5 Å². The molecule has 3 aromatic rings. The maximum absolute atomic E-state index is 11.7. The topological polar surface area (TPSA) is 68.5 Å². The van der Waals surface area contributed by atoms with Gasteiger partial charge in [0.15, 0.2) is 0 Å². The van der Waals surface area contributed by atoms with Crippen LogP contribution in [-0.4, -0.2) is 5.91 Å². The van der Waals surface area contributed by atoms with E-state index in [9.17, 15) is 9.59 Å². The van der Waals surface area contributed by atoms with Crippen LogP contribution in [0.3, 0.4) is 0 Å². The molecule has 0 aliphatic heterocycles. The second-order valence-electron chi connectivity index (χ2n) is 5.20. The van der Waals surface area contributed by atoms with E-state index in [0.717, 1.165) is 9.86 Å². The summed E-state index contributed by atoms with van der Waals surface area (Å²) in [7, 11) is 0. The third kappa shape index (κ3) is 3.65. The van der Waals surface area contributed by atoms with E-state index >= 15 is 0 Å². The van der Waals surface area contributed by atoms with Crippen molar-refractivity contribution in [2.24, 2.45) is 0 Å². The Balaban J connectivity index is 1.92. The lowest BCUT2D eigenvalue weighted by Gasteiger charge is -2.12. The molecule has 122 valence electrons. The molecule has 1 aromatic heterocycles. The number of ether oxygens (including phenoxy) is 1. The number of amides is 1. The minimum absolute atomic E-state index is 0.179. The third-order valence-electron chi connectivity index (χ3n) is 3.37. The van der Waals surface area contributed by atoms with Crippen molar-refractivity contribution in [1.29, 1.82) is 0 Å². The third-order valence-corrected chi connectivity index (χ3v) is 3.87. The van der Waals surface area contributed by atoms with E-state index in [2.05, 4.69) is 21.2 Å². The van der Waals surface area contributed by atoms with Gasteiger partial charge in [-0.3, -0.25) is 4.79 Å². The van der Waals surface area contributed by atoms with E-state index in [-0.39, 0.29) is 12.5 Å². The molecular formula is C18H14BrNO4. The first-order valence-electron chi connectivity index (χ1n) is 7.24. The first-order chi connectivity index (χ1) is 11.5. The molecule has 1 amide bonds. The standard InChI is InChI=1S/C18H14BrNO4/c1-11(21)20-15-4-2-3-5-16(15)23-10-12-8-18(22)24-17-9-13(19)6-7-14(12)17/h2-9H,10H2,1H3,(H,20,21). The van der Waals surface area contributed by atoms with Crippen molar-refractivity contribution in [3.63, 3.8) is 0 Å². The molecule has 0 radical (unpaired) electrons. The molecule has 0 saturated heterocycles. The largest absolute Gasteiger partial charge is 0.487 e. The van der Waals surface area contributed by atoms with Crippen molar-refractivity contribution in [3.8, 4) is 5.75 Å². The molecule has 24 heavy (non-hydrogen) atoms. The van der Waals surface area contributed by atoms with Gasteiger partial charge in [-0.05, 0) is 30.3 Å².